The first-order valence-electron chi connectivity index (χ1n) is 8.89. The first kappa shape index (κ1) is 18.2. The molecular formula is C21H19N3O3S. The largest absolute Gasteiger partial charge is 0.497 e. The number of aromatic nitrogens is 1. The highest BCUT2D eigenvalue weighted by atomic mass is 32.1. The van der Waals surface area contributed by atoms with Gasteiger partial charge in [0.05, 0.1) is 13.0 Å². The highest BCUT2D eigenvalue weighted by Gasteiger charge is 2.35. The Morgan fingerprint density at radius 1 is 1.25 bits per heavy atom. The van der Waals surface area contributed by atoms with Crippen LogP contribution in [-0.4, -0.2) is 30.5 Å². The molecule has 2 amide bonds. The Morgan fingerprint density at radius 2 is 2.11 bits per heavy atom. The van der Waals surface area contributed by atoms with Crippen LogP contribution >= 0.6 is 11.3 Å². The number of methoxy groups -OCH3 is 1. The van der Waals surface area contributed by atoms with Gasteiger partial charge in [-0.05, 0) is 24.3 Å². The van der Waals surface area contributed by atoms with Crippen LogP contribution < -0.4 is 15.0 Å². The maximum absolute atomic E-state index is 12.7. The zero-order chi connectivity index (χ0) is 19.5. The Bertz CT molecular complexity index is 1000. The van der Waals surface area contributed by atoms with E-state index in [0.717, 1.165) is 16.3 Å². The van der Waals surface area contributed by atoms with Gasteiger partial charge in [0.1, 0.15) is 10.8 Å². The van der Waals surface area contributed by atoms with Crippen molar-refractivity contribution in [3.8, 4) is 16.3 Å². The molecule has 0 saturated carbocycles. The Balaban J connectivity index is 1.46. The van der Waals surface area contributed by atoms with Gasteiger partial charge in [-0.25, -0.2) is 4.98 Å². The second-order valence-electron chi connectivity index (χ2n) is 6.51. The molecule has 1 saturated heterocycles. The second kappa shape index (κ2) is 7.82. The van der Waals surface area contributed by atoms with Crippen molar-refractivity contribution in [3.63, 3.8) is 0 Å². The highest BCUT2D eigenvalue weighted by Crippen LogP contribution is 2.29. The third-order valence-electron chi connectivity index (χ3n) is 4.67. The van der Waals surface area contributed by atoms with E-state index in [-0.39, 0.29) is 18.2 Å². The zero-order valence-electron chi connectivity index (χ0n) is 15.3. The lowest BCUT2D eigenvalue weighted by molar-refractivity contribution is -0.122. The van der Waals surface area contributed by atoms with Crippen molar-refractivity contribution in [3.05, 3.63) is 60.1 Å². The van der Waals surface area contributed by atoms with E-state index in [1.165, 1.54) is 0 Å². The molecule has 1 aromatic heterocycles. The average molecular weight is 393 g/mol. The predicted molar refractivity (Wildman–Crippen MR) is 110 cm³/mol. The molecule has 1 fully saturated rings. The number of benzene rings is 2. The molecule has 1 unspecified atom stereocenters. The lowest BCUT2D eigenvalue weighted by Gasteiger charge is -2.17. The molecule has 1 atom stereocenters. The van der Waals surface area contributed by atoms with Gasteiger partial charge in [0.2, 0.25) is 11.8 Å². The molecule has 1 aliphatic rings. The summed E-state index contributed by atoms with van der Waals surface area (Å²) < 4.78 is 5.22. The van der Waals surface area contributed by atoms with Crippen molar-refractivity contribution in [2.75, 3.05) is 23.9 Å². The number of amides is 2. The Hall–Kier alpha value is -3.19. The van der Waals surface area contributed by atoms with Crippen LogP contribution in [0.2, 0.25) is 0 Å². The monoisotopic (exact) mass is 393 g/mol. The number of nitrogens with one attached hydrogen (secondary N) is 1. The third-order valence-corrected chi connectivity index (χ3v) is 5.49. The van der Waals surface area contributed by atoms with Gasteiger partial charge in [0.15, 0.2) is 0 Å². The summed E-state index contributed by atoms with van der Waals surface area (Å²) in [5, 5.41) is 5.75. The summed E-state index contributed by atoms with van der Waals surface area (Å²) in [6.07, 6.45) is 1.94. The summed E-state index contributed by atoms with van der Waals surface area (Å²) in [5.74, 6) is 0.0550. The van der Waals surface area contributed by atoms with Crippen molar-refractivity contribution < 1.29 is 14.3 Å². The van der Waals surface area contributed by atoms with Crippen LogP contribution in [0.5, 0.6) is 5.75 Å². The molecule has 0 aliphatic carbocycles. The van der Waals surface area contributed by atoms with E-state index in [0.29, 0.717) is 18.0 Å². The first-order chi connectivity index (χ1) is 13.6. The van der Waals surface area contributed by atoms with Gasteiger partial charge in [-0.2, -0.15) is 0 Å². The van der Waals surface area contributed by atoms with Crippen molar-refractivity contribution in [2.24, 2.45) is 5.92 Å². The SMILES string of the molecule is COc1cccc(N2CC(C(=O)Nc3cccc(-c4nccs4)c3)CC2=O)c1. The van der Waals surface area contributed by atoms with Crippen LogP contribution in [-0.2, 0) is 9.59 Å². The van der Waals surface area contributed by atoms with Crippen molar-refractivity contribution in [2.45, 2.75) is 6.42 Å². The van der Waals surface area contributed by atoms with E-state index in [4.69, 9.17) is 4.74 Å². The smallest absolute Gasteiger partial charge is 0.229 e. The normalized spacial score (nSPS) is 16.2. The van der Waals surface area contributed by atoms with Crippen molar-refractivity contribution in [1.82, 2.24) is 4.98 Å². The number of hydrogen-bond donors (Lipinski definition) is 1. The number of ether oxygens (including phenoxy) is 1. The summed E-state index contributed by atoms with van der Waals surface area (Å²) in [6.45, 7) is 0.351. The minimum absolute atomic E-state index is 0.0649. The van der Waals surface area contributed by atoms with Crippen LogP contribution in [0, 0.1) is 5.92 Å². The van der Waals surface area contributed by atoms with E-state index in [1.54, 1.807) is 35.6 Å². The van der Waals surface area contributed by atoms with E-state index in [9.17, 15) is 9.59 Å². The maximum atomic E-state index is 12.7. The van der Waals surface area contributed by atoms with Gasteiger partial charge in [-0.3, -0.25) is 9.59 Å². The molecule has 7 heteroatoms. The predicted octanol–water partition coefficient (Wildman–Crippen LogP) is 3.81. The molecule has 2 aromatic carbocycles. The first-order valence-corrected chi connectivity index (χ1v) is 9.77. The fourth-order valence-corrected chi connectivity index (χ4v) is 3.89. The van der Waals surface area contributed by atoms with Crippen LogP contribution in [0.4, 0.5) is 11.4 Å². The Morgan fingerprint density at radius 3 is 2.89 bits per heavy atom. The molecular weight excluding hydrogens is 374 g/mol. The molecule has 3 aromatic rings. The molecule has 1 N–H and O–H groups in total. The lowest BCUT2D eigenvalue weighted by Crippen LogP contribution is -2.28. The van der Waals surface area contributed by atoms with Gasteiger partial charge in [0.25, 0.3) is 0 Å². The molecule has 0 radical (unpaired) electrons. The number of rotatable bonds is 5. The van der Waals surface area contributed by atoms with Gasteiger partial charge < -0.3 is 15.0 Å². The maximum Gasteiger partial charge on any atom is 0.229 e. The minimum atomic E-state index is -0.401. The number of carbonyl (C=O) groups is 2. The molecule has 6 nitrogen and oxygen atoms in total. The van der Waals surface area contributed by atoms with E-state index >= 15 is 0 Å². The molecule has 0 bridgehead atoms. The lowest BCUT2D eigenvalue weighted by atomic mass is 10.1. The summed E-state index contributed by atoms with van der Waals surface area (Å²) in [7, 11) is 1.58. The molecule has 4 rings (SSSR count). The van der Waals surface area contributed by atoms with Gasteiger partial charge in [-0.15, -0.1) is 11.3 Å². The Labute approximate surface area is 166 Å². The van der Waals surface area contributed by atoms with Crippen molar-refractivity contribution >= 4 is 34.5 Å². The van der Waals surface area contributed by atoms with Crippen LogP contribution in [0.15, 0.2) is 60.1 Å². The molecule has 0 spiro atoms. The van der Waals surface area contributed by atoms with Gasteiger partial charge in [0, 0.05) is 47.5 Å². The van der Waals surface area contributed by atoms with E-state index in [1.807, 2.05) is 47.8 Å². The molecule has 142 valence electrons. The van der Waals surface area contributed by atoms with Gasteiger partial charge in [-0.1, -0.05) is 18.2 Å². The van der Waals surface area contributed by atoms with E-state index in [2.05, 4.69) is 10.3 Å². The minimum Gasteiger partial charge on any atom is -0.497 e. The van der Waals surface area contributed by atoms with E-state index < -0.39 is 5.92 Å². The van der Waals surface area contributed by atoms with Gasteiger partial charge >= 0.3 is 0 Å². The second-order valence-corrected chi connectivity index (χ2v) is 7.41. The molecule has 1 aliphatic heterocycles. The fourth-order valence-electron chi connectivity index (χ4n) is 3.25. The quantitative estimate of drug-likeness (QED) is 0.716. The topological polar surface area (TPSA) is 71.5 Å². The molecule has 2 heterocycles. The number of carbonyl (C=O) groups excluding carboxylic acids is 2. The molecule has 28 heavy (non-hydrogen) atoms. The number of hydrogen-bond acceptors (Lipinski definition) is 5. The summed E-state index contributed by atoms with van der Waals surface area (Å²) in [6, 6.07) is 14.9. The standard InChI is InChI=1S/C21H19N3O3S/c1-27-18-7-3-6-17(12-18)24-13-15(11-19(24)25)20(26)23-16-5-2-4-14(10-16)21-22-8-9-28-21/h2-10,12,15H,11,13H2,1H3,(H,23,26). The highest BCUT2D eigenvalue weighted by molar-refractivity contribution is 7.13. The number of nitrogens with zero attached hydrogens (tertiary/aromatic N) is 2. The average Bonchev–Trinajstić information content (AvgIpc) is 3.38. The fraction of sp³-hybridized carbons (Fsp3) is 0.190. The summed E-state index contributed by atoms with van der Waals surface area (Å²) in [4.78, 5) is 31.1. The third kappa shape index (κ3) is 3.75. The van der Waals surface area contributed by atoms with Crippen LogP contribution in [0.25, 0.3) is 10.6 Å². The Kier molecular flexibility index (Phi) is 5.08. The van der Waals surface area contributed by atoms with Crippen molar-refractivity contribution in [1.29, 1.82) is 0 Å². The summed E-state index contributed by atoms with van der Waals surface area (Å²) in [5.41, 5.74) is 2.39. The summed E-state index contributed by atoms with van der Waals surface area (Å²) >= 11 is 1.54. The number of thiazole rings is 1. The number of anilines is 2. The van der Waals surface area contributed by atoms with Crippen LogP contribution in [0.3, 0.4) is 0 Å². The van der Waals surface area contributed by atoms with Crippen LogP contribution in [0.1, 0.15) is 6.42 Å². The zero-order valence-corrected chi connectivity index (χ0v) is 16.1.